The minimum absolute atomic E-state index is 0.685. The molecule has 14 heavy (non-hydrogen) atoms. The van der Waals surface area contributed by atoms with Gasteiger partial charge in [-0.15, -0.1) is 0 Å². The van der Waals surface area contributed by atoms with E-state index in [-0.39, 0.29) is 0 Å². The molecule has 0 spiro atoms. The lowest BCUT2D eigenvalue weighted by Gasteiger charge is -2.25. The zero-order chi connectivity index (χ0) is 10.4. The van der Waals surface area contributed by atoms with Gasteiger partial charge in [-0.2, -0.15) is 5.26 Å². The summed E-state index contributed by atoms with van der Waals surface area (Å²) in [6.45, 7) is 8.01. The maximum atomic E-state index is 8.57. The first-order valence-corrected chi connectivity index (χ1v) is 5.83. The topological polar surface area (TPSA) is 27.0 Å². The molecule has 1 atom stereocenters. The number of likely N-dealkylation sites (tertiary alicyclic amines) is 1. The van der Waals surface area contributed by atoms with Gasteiger partial charge in [0.2, 0.25) is 0 Å². The average Bonchev–Trinajstić information content (AvgIpc) is 2.39. The second-order valence-corrected chi connectivity index (χ2v) is 4.71. The van der Waals surface area contributed by atoms with Gasteiger partial charge in [0.05, 0.1) is 6.07 Å². The van der Waals surface area contributed by atoms with Crippen molar-refractivity contribution in [3.63, 3.8) is 0 Å². The van der Waals surface area contributed by atoms with E-state index in [1.54, 1.807) is 0 Å². The van der Waals surface area contributed by atoms with Gasteiger partial charge in [0.25, 0.3) is 0 Å². The van der Waals surface area contributed by atoms with Gasteiger partial charge < -0.3 is 4.90 Å². The Labute approximate surface area is 87.9 Å². The number of nitrogens with zero attached hydrogens (tertiary/aromatic N) is 2. The molecule has 2 heteroatoms. The van der Waals surface area contributed by atoms with Crippen molar-refractivity contribution in [1.82, 2.24) is 4.90 Å². The quantitative estimate of drug-likeness (QED) is 0.690. The smallest absolute Gasteiger partial charge is 0.0635 e. The van der Waals surface area contributed by atoms with E-state index in [0.29, 0.717) is 6.42 Å². The van der Waals surface area contributed by atoms with Crippen LogP contribution in [0.25, 0.3) is 0 Å². The molecular weight excluding hydrogens is 172 g/mol. The summed E-state index contributed by atoms with van der Waals surface area (Å²) in [5.41, 5.74) is 0. The third-order valence-corrected chi connectivity index (χ3v) is 3.27. The van der Waals surface area contributed by atoms with Crippen LogP contribution in [-0.2, 0) is 0 Å². The van der Waals surface area contributed by atoms with Crippen molar-refractivity contribution in [3.05, 3.63) is 0 Å². The van der Waals surface area contributed by atoms with Crippen LogP contribution < -0.4 is 0 Å². The van der Waals surface area contributed by atoms with Crippen molar-refractivity contribution in [1.29, 1.82) is 5.26 Å². The first-order valence-electron chi connectivity index (χ1n) is 5.83. The van der Waals surface area contributed by atoms with E-state index in [1.807, 2.05) is 0 Å². The van der Waals surface area contributed by atoms with Crippen molar-refractivity contribution >= 4 is 0 Å². The molecule has 0 amide bonds. The maximum Gasteiger partial charge on any atom is 0.0635 e. The SMILES string of the molecule is CC(C)C1CCCCN(CCC#N)C1. The highest BCUT2D eigenvalue weighted by Gasteiger charge is 2.19. The third kappa shape index (κ3) is 3.67. The minimum Gasteiger partial charge on any atom is -0.302 e. The van der Waals surface area contributed by atoms with Crippen LogP contribution in [0.15, 0.2) is 0 Å². The molecule has 0 bridgehead atoms. The number of rotatable bonds is 3. The van der Waals surface area contributed by atoms with Crippen LogP contribution in [0, 0.1) is 23.2 Å². The Hall–Kier alpha value is -0.550. The van der Waals surface area contributed by atoms with Crippen LogP contribution in [0.2, 0.25) is 0 Å². The van der Waals surface area contributed by atoms with Crippen LogP contribution in [0.4, 0.5) is 0 Å². The summed E-state index contributed by atoms with van der Waals surface area (Å²) in [5.74, 6) is 1.63. The molecular formula is C12H22N2. The molecule has 0 radical (unpaired) electrons. The summed E-state index contributed by atoms with van der Waals surface area (Å²) >= 11 is 0. The molecule has 1 fully saturated rings. The van der Waals surface area contributed by atoms with Crippen molar-refractivity contribution < 1.29 is 0 Å². The molecule has 0 saturated carbocycles. The molecule has 1 heterocycles. The predicted octanol–water partition coefficient (Wildman–Crippen LogP) is 2.66. The van der Waals surface area contributed by atoms with Gasteiger partial charge in [0.15, 0.2) is 0 Å². The van der Waals surface area contributed by atoms with Gasteiger partial charge in [-0.1, -0.05) is 20.3 Å². The van der Waals surface area contributed by atoms with Crippen LogP contribution >= 0.6 is 0 Å². The van der Waals surface area contributed by atoms with E-state index < -0.39 is 0 Å². The number of nitriles is 1. The Morgan fingerprint density at radius 3 is 2.86 bits per heavy atom. The third-order valence-electron chi connectivity index (χ3n) is 3.27. The van der Waals surface area contributed by atoms with Gasteiger partial charge >= 0.3 is 0 Å². The Morgan fingerprint density at radius 1 is 1.43 bits per heavy atom. The molecule has 0 aromatic carbocycles. The molecule has 0 N–H and O–H groups in total. The molecule has 80 valence electrons. The van der Waals surface area contributed by atoms with Gasteiger partial charge in [0, 0.05) is 19.5 Å². The van der Waals surface area contributed by atoms with Crippen LogP contribution in [-0.4, -0.2) is 24.5 Å². The Kier molecular flexibility index (Phi) is 4.97. The van der Waals surface area contributed by atoms with E-state index in [1.165, 1.54) is 32.4 Å². The summed E-state index contributed by atoms with van der Waals surface area (Å²) in [6.07, 6.45) is 4.74. The molecule has 1 saturated heterocycles. The summed E-state index contributed by atoms with van der Waals surface area (Å²) in [5, 5.41) is 8.57. The Bertz CT molecular complexity index is 193. The van der Waals surface area contributed by atoms with Crippen molar-refractivity contribution in [2.45, 2.75) is 39.5 Å². The summed E-state index contributed by atoms with van der Waals surface area (Å²) < 4.78 is 0. The van der Waals surface area contributed by atoms with Crippen molar-refractivity contribution in [3.8, 4) is 6.07 Å². The molecule has 1 rings (SSSR count). The monoisotopic (exact) mass is 194 g/mol. The molecule has 2 nitrogen and oxygen atoms in total. The average molecular weight is 194 g/mol. The Morgan fingerprint density at radius 2 is 2.21 bits per heavy atom. The van der Waals surface area contributed by atoms with E-state index in [0.717, 1.165) is 18.4 Å². The lowest BCUT2D eigenvalue weighted by Crippen LogP contribution is -2.31. The van der Waals surface area contributed by atoms with E-state index in [4.69, 9.17) is 5.26 Å². The summed E-state index contributed by atoms with van der Waals surface area (Å²) in [7, 11) is 0. The molecule has 1 aliphatic heterocycles. The first kappa shape index (κ1) is 11.5. The number of hydrogen-bond donors (Lipinski definition) is 0. The standard InChI is InChI=1S/C12H22N2/c1-11(2)12-6-3-4-8-14(10-12)9-5-7-13/h11-12H,3-6,8-10H2,1-2H3. The van der Waals surface area contributed by atoms with Crippen molar-refractivity contribution in [2.75, 3.05) is 19.6 Å². The fourth-order valence-corrected chi connectivity index (χ4v) is 2.21. The maximum absolute atomic E-state index is 8.57. The van der Waals surface area contributed by atoms with Gasteiger partial charge in [-0.05, 0) is 31.2 Å². The van der Waals surface area contributed by atoms with Crippen LogP contribution in [0.1, 0.15) is 39.5 Å². The fourth-order valence-electron chi connectivity index (χ4n) is 2.21. The highest BCUT2D eigenvalue weighted by molar-refractivity contribution is 4.77. The lowest BCUT2D eigenvalue weighted by atomic mass is 9.91. The molecule has 1 aliphatic rings. The molecule has 0 aromatic heterocycles. The van der Waals surface area contributed by atoms with Crippen LogP contribution in [0.5, 0.6) is 0 Å². The highest BCUT2D eigenvalue weighted by atomic mass is 15.1. The minimum atomic E-state index is 0.685. The second-order valence-electron chi connectivity index (χ2n) is 4.71. The fraction of sp³-hybridized carbons (Fsp3) is 0.917. The largest absolute Gasteiger partial charge is 0.302 e. The lowest BCUT2D eigenvalue weighted by molar-refractivity contribution is 0.222. The first-order chi connectivity index (χ1) is 6.74. The van der Waals surface area contributed by atoms with Gasteiger partial charge in [0.1, 0.15) is 0 Å². The van der Waals surface area contributed by atoms with E-state index in [2.05, 4.69) is 24.8 Å². The van der Waals surface area contributed by atoms with Crippen molar-refractivity contribution in [2.24, 2.45) is 11.8 Å². The van der Waals surface area contributed by atoms with Crippen LogP contribution in [0.3, 0.4) is 0 Å². The second kappa shape index (κ2) is 6.03. The predicted molar refractivity (Wildman–Crippen MR) is 58.8 cm³/mol. The molecule has 0 aromatic rings. The molecule has 1 unspecified atom stereocenters. The zero-order valence-electron chi connectivity index (χ0n) is 9.50. The van der Waals surface area contributed by atoms with E-state index >= 15 is 0 Å². The number of hydrogen-bond acceptors (Lipinski definition) is 2. The van der Waals surface area contributed by atoms with E-state index in [9.17, 15) is 0 Å². The molecule has 0 aliphatic carbocycles. The normalized spacial score (nSPS) is 24.6. The summed E-state index contributed by atoms with van der Waals surface area (Å²) in [4.78, 5) is 2.47. The highest BCUT2D eigenvalue weighted by Crippen LogP contribution is 2.23. The summed E-state index contributed by atoms with van der Waals surface area (Å²) in [6, 6.07) is 2.24. The Balaban J connectivity index is 2.39. The van der Waals surface area contributed by atoms with Gasteiger partial charge in [-0.25, -0.2) is 0 Å². The van der Waals surface area contributed by atoms with Gasteiger partial charge in [-0.3, -0.25) is 0 Å². The zero-order valence-corrected chi connectivity index (χ0v) is 9.50.